The molecule has 0 aromatic carbocycles. The zero-order chi connectivity index (χ0) is 14.1. The van der Waals surface area contributed by atoms with Gasteiger partial charge in [-0.25, -0.2) is 0 Å². The van der Waals surface area contributed by atoms with E-state index < -0.39 is 0 Å². The average molecular weight is 309 g/mol. The molecular formula is C18H28S2. The van der Waals surface area contributed by atoms with E-state index in [2.05, 4.69) is 22.3 Å². The third kappa shape index (κ3) is 12.8. The molecule has 0 atom stereocenters. The Hall–Kier alpha value is -0.180. The van der Waals surface area contributed by atoms with Gasteiger partial charge in [-0.15, -0.1) is 0 Å². The van der Waals surface area contributed by atoms with E-state index >= 15 is 0 Å². The molecule has 0 saturated heterocycles. The van der Waals surface area contributed by atoms with Crippen LogP contribution in [0.2, 0.25) is 0 Å². The lowest BCUT2D eigenvalue weighted by Gasteiger charge is -1.99. The van der Waals surface area contributed by atoms with Crippen LogP contribution < -0.4 is 0 Å². The highest BCUT2D eigenvalue weighted by atomic mass is 32.2. The summed E-state index contributed by atoms with van der Waals surface area (Å²) in [6.45, 7) is 0. The monoisotopic (exact) mass is 308 g/mol. The molecule has 1 aliphatic heterocycles. The third-order valence-electron chi connectivity index (χ3n) is 3.39. The summed E-state index contributed by atoms with van der Waals surface area (Å²) in [6.07, 6.45) is 15.5. The normalized spacial score (nSPS) is 20.8. The molecule has 0 aromatic heterocycles. The van der Waals surface area contributed by atoms with Crippen molar-refractivity contribution in [2.45, 2.75) is 77.0 Å². The fraction of sp³-hybridized carbons (Fsp3) is 0.778. The van der Waals surface area contributed by atoms with Gasteiger partial charge in [-0.3, -0.25) is 0 Å². The summed E-state index contributed by atoms with van der Waals surface area (Å²) in [6, 6.07) is 0. The minimum atomic E-state index is 1.09. The topological polar surface area (TPSA) is 0 Å². The molecule has 1 aliphatic rings. The fourth-order valence-corrected chi connectivity index (χ4v) is 3.45. The number of hydrogen-bond donors (Lipinski definition) is 0. The summed E-state index contributed by atoms with van der Waals surface area (Å²) < 4.78 is 0. The van der Waals surface area contributed by atoms with E-state index in [9.17, 15) is 0 Å². The van der Waals surface area contributed by atoms with Crippen LogP contribution in [-0.2, 0) is 0 Å². The predicted molar refractivity (Wildman–Crippen MR) is 95.9 cm³/mol. The molecule has 1 rings (SSSR count). The lowest BCUT2D eigenvalue weighted by Crippen LogP contribution is -1.83. The van der Waals surface area contributed by atoms with Gasteiger partial charge in [0, 0.05) is 24.3 Å². The van der Waals surface area contributed by atoms with Gasteiger partial charge >= 0.3 is 0 Å². The van der Waals surface area contributed by atoms with Gasteiger partial charge in [0.15, 0.2) is 0 Å². The summed E-state index contributed by atoms with van der Waals surface area (Å²) in [5.74, 6) is 9.01. The molecule has 0 aromatic rings. The lowest BCUT2D eigenvalue weighted by atomic mass is 10.1. The van der Waals surface area contributed by atoms with Gasteiger partial charge in [-0.05, 0) is 36.2 Å². The van der Waals surface area contributed by atoms with Gasteiger partial charge in [0.1, 0.15) is 0 Å². The van der Waals surface area contributed by atoms with Gasteiger partial charge < -0.3 is 0 Å². The first-order valence-electron chi connectivity index (χ1n) is 8.19. The van der Waals surface area contributed by atoms with Crippen molar-refractivity contribution < 1.29 is 0 Å². The van der Waals surface area contributed by atoms with E-state index in [1.807, 2.05) is 23.5 Å². The van der Waals surface area contributed by atoms with Crippen molar-refractivity contribution in [1.29, 1.82) is 0 Å². The maximum atomic E-state index is 3.30. The Balaban J connectivity index is 2.14. The van der Waals surface area contributed by atoms with Crippen molar-refractivity contribution in [2.75, 3.05) is 11.5 Å². The fourth-order valence-electron chi connectivity index (χ4n) is 2.14. The SMILES string of the molecule is C1#CSCCCCCCSC#CCCCCCCCC1. The Labute approximate surface area is 134 Å². The van der Waals surface area contributed by atoms with E-state index in [4.69, 9.17) is 0 Å². The molecule has 0 fully saturated rings. The summed E-state index contributed by atoms with van der Waals surface area (Å²) in [5.41, 5.74) is 0. The molecule has 0 aliphatic carbocycles. The molecule has 0 nitrogen and oxygen atoms in total. The van der Waals surface area contributed by atoms with Crippen LogP contribution in [-0.4, -0.2) is 11.5 Å². The summed E-state index contributed by atoms with van der Waals surface area (Å²) in [4.78, 5) is 0. The molecule has 0 radical (unpaired) electrons. The standard InChI is InChI=1S/C18H28S2/c1-2-4-6-8-12-16-20-18-14-10-9-13-17-19-15-11-7-5-3-1/h1-10,13-14,17-18H2. The molecule has 20 heavy (non-hydrogen) atoms. The predicted octanol–water partition coefficient (Wildman–Crippen LogP) is 6.07. The summed E-state index contributed by atoms with van der Waals surface area (Å²) in [5, 5.41) is 6.50. The highest BCUT2D eigenvalue weighted by molar-refractivity contribution is 8.04. The van der Waals surface area contributed by atoms with Crippen molar-refractivity contribution in [1.82, 2.24) is 0 Å². The molecule has 112 valence electrons. The molecule has 1 heterocycles. The highest BCUT2D eigenvalue weighted by Gasteiger charge is 1.92. The molecule has 0 bridgehead atoms. The Morgan fingerprint density at radius 3 is 1.35 bits per heavy atom. The molecule has 2 heteroatoms. The van der Waals surface area contributed by atoms with Crippen molar-refractivity contribution in [3.05, 3.63) is 0 Å². The van der Waals surface area contributed by atoms with Crippen LogP contribution in [0.1, 0.15) is 77.0 Å². The average Bonchev–Trinajstić information content (AvgIpc) is 2.46. The smallest absolute Gasteiger partial charge is 0.00976 e. The Bertz CT molecular complexity index is 265. The van der Waals surface area contributed by atoms with Gasteiger partial charge in [0.2, 0.25) is 0 Å². The lowest BCUT2D eigenvalue weighted by molar-refractivity contribution is 0.604. The van der Waals surface area contributed by atoms with Crippen LogP contribution in [0.4, 0.5) is 0 Å². The highest BCUT2D eigenvalue weighted by Crippen LogP contribution is 2.11. The second kappa shape index (κ2) is 15.2. The summed E-state index contributed by atoms with van der Waals surface area (Å²) in [7, 11) is 0. The molecule has 0 N–H and O–H groups in total. The molecule has 0 saturated carbocycles. The van der Waals surface area contributed by atoms with Crippen molar-refractivity contribution in [3.63, 3.8) is 0 Å². The van der Waals surface area contributed by atoms with Crippen LogP contribution in [0, 0.1) is 22.3 Å². The van der Waals surface area contributed by atoms with Crippen LogP contribution in [0.3, 0.4) is 0 Å². The Morgan fingerprint density at radius 1 is 0.450 bits per heavy atom. The van der Waals surface area contributed by atoms with Crippen molar-refractivity contribution in [3.8, 4) is 22.3 Å². The molecule has 0 unspecified atom stereocenters. The van der Waals surface area contributed by atoms with Gasteiger partial charge in [-0.2, -0.15) is 0 Å². The maximum absolute atomic E-state index is 3.30. The molecule has 0 amide bonds. The first kappa shape index (κ1) is 17.9. The minimum absolute atomic E-state index is 1.09. The third-order valence-corrected chi connectivity index (χ3v) is 4.95. The number of hydrogen-bond acceptors (Lipinski definition) is 2. The van der Waals surface area contributed by atoms with E-state index in [0.717, 1.165) is 12.8 Å². The number of rotatable bonds is 0. The van der Waals surface area contributed by atoms with Crippen molar-refractivity contribution in [2.24, 2.45) is 0 Å². The van der Waals surface area contributed by atoms with Gasteiger partial charge in [-0.1, -0.05) is 73.9 Å². The van der Waals surface area contributed by atoms with Crippen LogP contribution in [0.15, 0.2) is 0 Å². The van der Waals surface area contributed by atoms with E-state index in [1.54, 1.807) is 0 Å². The van der Waals surface area contributed by atoms with E-state index in [0.29, 0.717) is 0 Å². The molecular weight excluding hydrogens is 280 g/mol. The summed E-state index contributed by atoms with van der Waals surface area (Å²) >= 11 is 3.63. The van der Waals surface area contributed by atoms with E-state index in [-0.39, 0.29) is 0 Å². The minimum Gasteiger partial charge on any atom is -0.0913 e. The largest absolute Gasteiger partial charge is 0.0913 e. The number of thioether (sulfide) groups is 2. The van der Waals surface area contributed by atoms with Gasteiger partial charge in [0.05, 0.1) is 0 Å². The zero-order valence-corrected chi connectivity index (χ0v) is 14.3. The van der Waals surface area contributed by atoms with E-state index in [1.165, 1.54) is 75.7 Å². The first-order chi connectivity index (χ1) is 10.0. The molecule has 0 spiro atoms. The quantitative estimate of drug-likeness (QED) is 0.498. The van der Waals surface area contributed by atoms with Crippen molar-refractivity contribution >= 4 is 23.5 Å². The van der Waals surface area contributed by atoms with Gasteiger partial charge in [0.25, 0.3) is 0 Å². The second-order valence-corrected chi connectivity index (χ2v) is 7.09. The Kier molecular flexibility index (Phi) is 13.6. The Morgan fingerprint density at radius 2 is 0.850 bits per heavy atom. The maximum Gasteiger partial charge on any atom is 0.00976 e. The van der Waals surface area contributed by atoms with Crippen LogP contribution >= 0.6 is 23.5 Å². The van der Waals surface area contributed by atoms with Crippen LogP contribution in [0.5, 0.6) is 0 Å². The second-order valence-electron chi connectivity index (χ2n) is 5.29. The van der Waals surface area contributed by atoms with Crippen LogP contribution in [0.25, 0.3) is 0 Å². The first-order valence-corrected chi connectivity index (χ1v) is 10.2. The zero-order valence-electron chi connectivity index (χ0n) is 12.7.